The molecule has 4 heteroatoms. The van der Waals surface area contributed by atoms with Gasteiger partial charge in [0.25, 0.3) is 0 Å². The van der Waals surface area contributed by atoms with E-state index in [0.717, 1.165) is 49.7 Å². The molecule has 0 aliphatic heterocycles. The predicted octanol–water partition coefficient (Wildman–Crippen LogP) is 7.26. The van der Waals surface area contributed by atoms with Crippen molar-refractivity contribution < 1.29 is 0 Å². The Hall–Kier alpha value is -5.19. The summed E-state index contributed by atoms with van der Waals surface area (Å²) < 4.78 is 2.24. The van der Waals surface area contributed by atoms with Crippen LogP contribution in [-0.2, 0) is 0 Å². The van der Waals surface area contributed by atoms with Crippen molar-refractivity contribution in [3.8, 4) is 40.1 Å². The van der Waals surface area contributed by atoms with Gasteiger partial charge in [-0.1, -0.05) is 54.6 Å². The van der Waals surface area contributed by atoms with E-state index in [9.17, 15) is 10.5 Å². The van der Waals surface area contributed by atoms with E-state index in [4.69, 9.17) is 0 Å². The van der Waals surface area contributed by atoms with Crippen LogP contribution in [0.15, 0.2) is 109 Å². The Bertz CT molecular complexity index is 1830. The normalized spacial score (nSPS) is 10.8. The number of para-hydroxylation sites is 1. The van der Waals surface area contributed by atoms with Crippen molar-refractivity contribution in [2.45, 2.75) is 0 Å². The summed E-state index contributed by atoms with van der Waals surface area (Å²) in [7, 11) is 0. The lowest BCUT2D eigenvalue weighted by atomic mass is 9.93. The zero-order valence-corrected chi connectivity index (χ0v) is 18.7. The molecular formula is C31H18N4. The summed E-state index contributed by atoms with van der Waals surface area (Å²) in [5, 5.41) is 21.2. The molecule has 0 radical (unpaired) electrons. The maximum atomic E-state index is 9.65. The maximum absolute atomic E-state index is 9.65. The van der Waals surface area contributed by atoms with Gasteiger partial charge in [-0.3, -0.25) is 4.98 Å². The van der Waals surface area contributed by atoms with Gasteiger partial charge in [0.1, 0.15) is 0 Å². The summed E-state index contributed by atoms with van der Waals surface area (Å²) in [6, 6.07) is 36.9. The fraction of sp³-hybridized carbons (Fsp3) is 0. The van der Waals surface area contributed by atoms with E-state index in [1.807, 2.05) is 48.5 Å². The maximum Gasteiger partial charge on any atom is 0.0999 e. The van der Waals surface area contributed by atoms with Crippen molar-refractivity contribution in [3.05, 3.63) is 121 Å². The van der Waals surface area contributed by atoms with Crippen LogP contribution in [0, 0.1) is 22.7 Å². The van der Waals surface area contributed by atoms with Crippen molar-refractivity contribution in [1.82, 2.24) is 9.55 Å². The largest absolute Gasteiger partial charge is 0.309 e. The van der Waals surface area contributed by atoms with E-state index in [0.29, 0.717) is 11.1 Å². The lowest BCUT2D eigenvalue weighted by molar-refractivity contribution is 1.18. The predicted molar refractivity (Wildman–Crippen MR) is 139 cm³/mol. The summed E-state index contributed by atoms with van der Waals surface area (Å²) in [5.41, 5.74) is 8.27. The van der Waals surface area contributed by atoms with E-state index in [2.05, 4.69) is 64.2 Å². The van der Waals surface area contributed by atoms with Crippen LogP contribution >= 0.6 is 0 Å². The number of rotatable bonds is 3. The first kappa shape index (κ1) is 20.4. The van der Waals surface area contributed by atoms with Gasteiger partial charge < -0.3 is 4.57 Å². The van der Waals surface area contributed by atoms with E-state index in [1.165, 1.54) is 0 Å². The molecule has 0 N–H and O–H groups in total. The second-order valence-electron chi connectivity index (χ2n) is 8.33. The van der Waals surface area contributed by atoms with Crippen molar-refractivity contribution in [3.63, 3.8) is 0 Å². The molecule has 0 saturated carbocycles. The van der Waals surface area contributed by atoms with Crippen LogP contribution in [0.1, 0.15) is 11.1 Å². The SMILES string of the molecule is N#Cc1ccc2c(c1)c1ccccc1n2-c1cccc(-c2ccccc2-c2cnccc2C#N)c1. The highest BCUT2D eigenvalue weighted by molar-refractivity contribution is 6.09. The Morgan fingerprint density at radius 2 is 1.43 bits per heavy atom. The van der Waals surface area contributed by atoms with Crippen LogP contribution in [0.25, 0.3) is 49.7 Å². The number of aromatic nitrogens is 2. The highest BCUT2D eigenvalue weighted by Gasteiger charge is 2.15. The summed E-state index contributed by atoms with van der Waals surface area (Å²) in [6.07, 6.45) is 3.40. The van der Waals surface area contributed by atoms with E-state index in [1.54, 1.807) is 18.5 Å². The Balaban J connectivity index is 1.59. The van der Waals surface area contributed by atoms with E-state index in [-0.39, 0.29) is 0 Å². The topological polar surface area (TPSA) is 65.4 Å². The summed E-state index contributed by atoms with van der Waals surface area (Å²) in [6.45, 7) is 0. The third-order valence-electron chi connectivity index (χ3n) is 6.38. The molecule has 4 aromatic carbocycles. The molecule has 0 unspecified atom stereocenters. The van der Waals surface area contributed by atoms with Gasteiger partial charge in [0.2, 0.25) is 0 Å². The quantitative estimate of drug-likeness (QED) is 0.287. The summed E-state index contributed by atoms with van der Waals surface area (Å²) >= 11 is 0. The lowest BCUT2D eigenvalue weighted by Gasteiger charge is -2.14. The molecule has 0 aliphatic carbocycles. The zero-order valence-electron chi connectivity index (χ0n) is 18.7. The third-order valence-corrected chi connectivity index (χ3v) is 6.38. The molecule has 2 aromatic heterocycles. The van der Waals surface area contributed by atoms with Gasteiger partial charge in [-0.2, -0.15) is 10.5 Å². The minimum Gasteiger partial charge on any atom is -0.309 e. The molecular weight excluding hydrogens is 428 g/mol. The molecule has 2 heterocycles. The van der Waals surface area contributed by atoms with Crippen molar-refractivity contribution >= 4 is 21.8 Å². The Labute approximate surface area is 202 Å². The van der Waals surface area contributed by atoms with Gasteiger partial charge in [-0.05, 0) is 59.2 Å². The van der Waals surface area contributed by atoms with E-state index < -0.39 is 0 Å². The first-order chi connectivity index (χ1) is 17.3. The molecule has 0 fully saturated rings. The summed E-state index contributed by atoms with van der Waals surface area (Å²) in [4.78, 5) is 4.27. The van der Waals surface area contributed by atoms with Crippen LogP contribution in [0.5, 0.6) is 0 Å². The fourth-order valence-electron chi connectivity index (χ4n) is 4.81. The molecule has 0 amide bonds. The number of benzene rings is 4. The number of hydrogen-bond donors (Lipinski definition) is 0. The zero-order chi connectivity index (χ0) is 23.8. The van der Waals surface area contributed by atoms with Gasteiger partial charge in [0.05, 0.1) is 34.3 Å². The highest BCUT2D eigenvalue weighted by atomic mass is 15.0. The highest BCUT2D eigenvalue weighted by Crippen LogP contribution is 2.36. The van der Waals surface area contributed by atoms with Crippen molar-refractivity contribution in [1.29, 1.82) is 10.5 Å². The molecule has 0 bridgehead atoms. The van der Waals surface area contributed by atoms with E-state index >= 15 is 0 Å². The van der Waals surface area contributed by atoms with Crippen LogP contribution in [0.2, 0.25) is 0 Å². The first-order valence-corrected chi connectivity index (χ1v) is 11.3. The van der Waals surface area contributed by atoms with Gasteiger partial charge in [-0.25, -0.2) is 0 Å². The second-order valence-corrected chi connectivity index (χ2v) is 8.33. The standard InChI is InChI=1S/C31H18N4/c32-18-21-12-13-31-28(16-21)27-10-3-4-11-30(27)35(31)24-7-5-6-22(17-24)25-8-1-2-9-26(25)29-20-34-15-14-23(29)19-33/h1-17,20H. The Morgan fingerprint density at radius 3 is 2.29 bits per heavy atom. The monoisotopic (exact) mass is 446 g/mol. The minimum atomic E-state index is 0.597. The molecule has 4 nitrogen and oxygen atoms in total. The van der Waals surface area contributed by atoms with Gasteiger partial charge in [0.15, 0.2) is 0 Å². The van der Waals surface area contributed by atoms with Gasteiger partial charge >= 0.3 is 0 Å². The number of hydrogen-bond acceptors (Lipinski definition) is 3. The van der Waals surface area contributed by atoms with Crippen LogP contribution in [0.3, 0.4) is 0 Å². The fourth-order valence-corrected chi connectivity index (χ4v) is 4.81. The average Bonchev–Trinajstić information content (AvgIpc) is 3.26. The minimum absolute atomic E-state index is 0.597. The molecule has 35 heavy (non-hydrogen) atoms. The first-order valence-electron chi connectivity index (χ1n) is 11.3. The molecule has 0 spiro atoms. The molecule has 0 atom stereocenters. The number of fused-ring (bicyclic) bond motifs is 3. The Morgan fingerprint density at radius 1 is 0.629 bits per heavy atom. The van der Waals surface area contributed by atoms with Crippen LogP contribution < -0.4 is 0 Å². The number of nitriles is 2. The molecule has 6 rings (SSSR count). The second kappa shape index (κ2) is 8.30. The number of pyridine rings is 1. The molecule has 0 aliphatic rings. The molecule has 162 valence electrons. The third kappa shape index (κ3) is 3.33. The van der Waals surface area contributed by atoms with Gasteiger partial charge in [0, 0.05) is 34.4 Å². The van der Waals surface area contributed by atoms with Gasteiger partial charge in [-0.15, -0.1) is 0 Å². The number of nitrogens with zero attached hydrogens (tertiary/aromatic N) is 4. The Kier molecular flexibility index (Phi) is 4.84. The summed E-state index contributed by atoms with van der Waals surface area (Å²) in [5.74, 6) is 0. The van der Waals surface area contributed by atoms with Crippen LogP contribution in [0.4, 0.5) is 0 Å². The van der Waals surface area contributed by atoms with Crippen molar-refractivity contribution in [2.75, 3.05) is 0 Å². The molecule has 6 aromatic rings. The average molecular weight is 447 g/mol. The molecule has 0 saturated heterocycles. The smallest absolute Gasteiger partial charge is 0.0999 e. The van der Waals surface area contributed by atoms with Crippen LogP contribution in [-0.4, -0.2) is 9.55 Å². The van der Waals surface area contributed by atoms with Crippen molar-refractivity contribution in [2.24, 2.45) is 0 Å². The lowest BCUT2D eigenvalue weighted by Crippen LogP contribution is -1.95.